The molecule has 3 N–H and O–H groups in total. The lowest BCUT2D eigenvalue weighted by molar-refractivity contribution is -0.120. The van der Waals surface area contributed by atoms with E-state index < -0.39 is 0 Å². The third kappa shape index (κ3) is 6.89. The van der Waals surface area contributed by atoms with Crippen LogP contribution in [0.5, 0.6) is 0 Å². The van der Waals surface area contributed by atoms with E-state index in [1.807, 2.05) is 24.3 Å². The second-order valence-corrected chi connectivity index (χ2v) is 6.74. The highest BCUT2D eigenvalue weighted by molar-refractivity contribution is 5.78. The number of anilines is 1. The largest absolute Gasteiger partial charge is 0.399 e. The Hall–Kier alpha value is -2.33. The number of unbranched alkanes of at least 4 members (excludes halogenated alkanes) is 1. The van der Waals surface area contributed by atoms with E-state index in [-0.39, 0.29) is 5.91 Å². The molecule has 0 aliphatic carbocycles. The summed E-state index contributed by atoms with van der Waals surface area (Å²) < 4.78 is 0. The quantitative estimate of drug-likeness (QED) is 0.640. The number of amides is 1. The summed E-state index contributed by atoms with van der Waals surface area (Å²) in [5.74, 6) is 0.0262. The summed E-state index contributed by atoms with van der Waals surface area (Å²) >= 11 is 0. The van der Waals surface area contributed by atoms with Crippen molar-refractivity contribution < 1.29 is 4.79 Å². The van der Waals surface area contributed by atoms with Gasteiger partial charge in [0, 0.05) is 18.8 Å². The topological polar surface area (TPSA) is 58.4 Å². The molecule has 0 heterocycles. The molecule has 0 unspecified atom stereocenters. The van der Waals surface area contributed by atoms with Crippen LogP contribution in [-0.4, -0.2) is 23.9 Å². The van der Waals surface area contributed by atoms with E-state index in [9.17, 15) is 4.79 Å². The van der Waals surface area contributed by atoms with Gasteiger partial charge in [0.2, 0.25) is 5.91 Å². The van der Waals surface area contributed by atoms with Crippen LogP contribution < -0.4 is 11.1 Å². The van der Waals surface area contributed by atoms with Crippen LogP contribution in [0.1, 0.15) is 43.4 Å². The van der Waals surface area contributed by atoms with Crippen molar-refractivity contribution in [1.82, 2.24) is 10.2 Å². The van der Waals surface area contributed by atoms with Crippen molar-refractivity contribution in [3.63, 3.8) is 0 Å². The van der Waals surface area contributed by atoms with Crippen molar-refractivity contribution in [1.29, 1.82) is 0 Å². The summed E-state index contributed by atoms with van der Waals surface area (Å²) in [6.45, 7) is 8.14. The average Bonchev–Trinajstić information content (AvgIpc) is 2.65. The van der Waals surface area contributed by atoms with E-state index in [1.165, 1.54) is 18.4 Å². The van der Waals surface area contributed by atoms with Gasteiger partial charge in [-0.25, -0.2) is 0 Å². The summed E-state index contributed by atoms with van der Waals surface area (Å²) in [5, 5.41) is 3.01. The van der Waals surface area contributed by atoms with Gasteiger partial charge in [-0.3, -0.25) is 9.69 Å². The minimum absolute atomic E-state index is 0.0262. The van der Waals surface area contributed by atoms with Crippen LogP contribution in [0.15, 0.2) is 48.5 Å². The monoisotopic (exact) mass is 353 g/mol. The number of hydrogen-bond acceptors (Lipinski definition) is 3. The fraction of sp³-hybridized carbons (Fsp3) is 0.409. The van der Waals surface area contributed by atoms with Gasteiger partial charge in [-0.1, -0.05) is 56.7 Å². The van der Waals surface area contributed by atoms with Crippen LogP contribution in [0, 0.1) is 0 Å². The molecule has 0 bridgehead atoms. The first-order valence-corrected chi connectivity index (χ1v) is 9.52. The number of nitrogens with one attached hydrogen (secondary N) is 1. The number of nitrogens with two attached hydrogens (primary N) is 1. The zero-order chi connectivity index (χ0) is 18.8. The Balaban J connectivity index is 1.85. The van der Waals surface area contributed by atoms with Crippen LogP contribution in [0.2, 0.25) is 0 Å². The standard InChI is InChI=1S/C22H31N3O/c1-3-5-13-25(4-2)17-20-8-6-7-19(14-20)16-24-22(26)15-18-9-11-21(23)12-10-18/h6-12,14H,3-5,13,15-17,23H2,1-2H3,(H,24,26). The summed E-state index contributed by atoms with van der Waals surface area (Å²) in [6, 6.07) is 15.9. The number of benzene rings is 2. The molecule has 26 heavy (non-hydrogen) atoms. The molecule has 0 saturated heterocycles. The second-order valence-electron chi connectivity index (χ2n) is 6.74. The normalized spacial score (nSPS) is 10.9. The van der Waals surface area contributed by atoms with E-state index in [0.29, 0.717) is 18.7 Å². The number of nitrogen functional groups attached to an aromatic ring is 1. The van der Waals surface area contributed by atoms with Gasteiger partial charge in [-0.15, -0.1) is 0 Å². The van der Waals surface area contributed by atoms with Crippen molar-refractivity contribution >= 4 is 11.6 Å². The van der Waals surface area contributed by atoms with E-state index in [1.54, 1.807) is 0 Å². The lowest BCUT2D eigenvalue weighted by Gasteiger charge is -2.20. The molecule has 2 aromatic carbocycles. The van der Waals surface area contributed by atoms with Crippen LogP contribution in [0.25, 0.3) is 0 Å². The van der Waals surface area contributed by atoms with Crippen LogP contribution in [-0.2, 0) is 24.3 Å². The Morgan fingerprint density at radius 1 is 1.04 bits per heavy atom. The fourth-order valence-electron chi connectivity index (χ4n) is 2.91. The van der Waals surface area contributed by atoms with Gasteiger partial charge in [0.25, 0.3) is 0 Å². The number of hydrogen-bond donors (Lipinski definition) is 2. The Bertz CT molecular complexity index is 682. The third-order valence-electron chi connectivity index (χ3n) is 4.51. The highest BCUT2D eigenvalue weighted by Crippen LogP contribution is 2.10. The van der Waals surface area contributed by atoms with E-state index in [2.05, 4.69) is 48.3 Å². The summed E-state index contributed by atoms with van der Waals surface area (Å²) in [6.07, 6.45) is 2.83. The number of rotatable bonds is 10. The minimum Gasteiger partial charge on any atom is -0.399 e. The molecule has 140 valence electrons. The first-order chi connectivity index (χ1) is 12.6. The molecule has 1 amide bonds. The molecule has 4 heteroatoms. The number of nitrogens with zero attached hydrogens (tertiary/aromatic N) is 1. The summed E-state index contributed by atoms with van der Waals surface area (Å²) in [5.41, 5.74) is 9.80. The zero-order valence-electron chi connectivity index (χ0n) is 16.0. The Morgan fingerprint density at radius 2 is 1.77 bits per heavy atom. The van der Waals surface area contributed by atoms with Crippen molar-refractivity contribution in [2.45, 2.75) is 46.2 Å². The lowest BCUT2D eigenvalue weighted by atomic mass is 10.1. The molecule has 0 spiro atoms. The first kappa shape index (κ1) is 20.0. The van der Waals surface area contributed by atoms with Crippen molar-refractivity contribution in [2.24, 2.45) is 0 Å². The summed E-state index contributed by atoms with van der Waals surface area (Å²) in [7, 11) is 0. The maximum Gasteiger partial charge on any atom is 0.224 e. The molecule has 0 aromatic heterocycles. The fourth-order valence-corrected chi connectivity index (χ4v) is 2.91. The molecule has 0 atom stereocenters. The molecule has 0 fully saturated rings. The molecule has 0 aliphatic heterocycles. The zero-order valence-corrected chi connectivity index (χ0v) is 16.0. The average molecular weight is 354 g/mol. The van der Waals surface area contributed by atoms with Crippen molar-refractivity contribution in [3.05, 3.63) is 65.2 Å². The second kappa shape index (κ2) is 10.6. The van der Waals surface area contributed by atoms with E-state index >= 15 is 0 Å². The molecule has 0 aliphatic rings. The van der Waals surface area contributed by atoms with E-state index in [0.717, 1.165) is 30.8 Å². The lowest BCUT2D eigenvalue weighted by Crippen LogP contribution is -2.25. The molecule has 0 saturated carbocycles. The van der Waals surface area contributed by atoms with Gasteiger partial charge in [0.15, 0.2) is 0 Å². The smallest absolute Gasteiger partial charge is 0.224 e. The number of carbonyl (C=O) groups is 1. The maximum atomic E-state index is 12.1. The molecular weight excluding hydrogens is 322 g/mol. The summed E-state index contributed by atoms with van der Waals surface area (Å²) in [4.78, 5) is 14.6. The van der Waals surface area contributed by atoms with Crippen molar-refractivity contribution in [3.8, 4) is 0 Å². The Kier molecular flexibility index (Phi) is 8.16. The van der Waals surface area contributed by atoms with Gasteiger partial charge in [-0.2, -0.15) is 0 Å². The first-order valence-electron chi connectivity index (χ1n) is 9.52. The van der Waals surface area contributed by atoms with Crippen molar-refractivity contribution in [2.75, 3.05) is 18.8 Å². The SMILES string of the molecule is CCCCN(CC)Cc1cccc(CNC(=O)Cc2ccc(N)cc2)c1. The highest BCUT2D eigenvalue weighted by atomic mass is 16.1. The maximum absolute atomic E-state index is 12.1. The molecular formula is C22H31N3O. The Morgan fingerprint density at radius 3 is 2.46 bits per heavy atom. The predicted molar refractivity (Wildman–Crippen MR) is 109 cm³/mol. The highest BCUT2D eigenvalue weighted by Gasteiger charge is 2.06. The van der Waals surface area contributed by atoms with Gasteiger partial charge >= 0.3 is 0 Å². The van der Waals surface area contributed by atoms with Gasteiger partial charge in [-0.05, 0) is 48.3 Å². The van der Waals surface area contributed by atoms with Crippen LogP contribution in [0.4, 0.5) is 5.69 Å². The predicted octanol–water partition coefficient (Wildman–Crippen LogP) is 3.75. The van der Waals surface area contributed by atoms with Gasteiger partial charge in [0.1, 0.15) is 0 Å². The number of carbonyl (C=O) groups excluding carboxylic acids is 1. The molecule has 2 rings (SSSR count). The van der Waals surface area contributed by atoms with Crippen LogP contribution in [0.3, 0.4) is 0 Å². The molecule has 4 nitrogen and oxygen atoms in total. The molecule has 0 radical (unpaired) electrons. The Labute approximate surface area is 157 Å². The van der Waals surface area contributed by atoms with Gasteiger partial charge in [0.05, 0.1) is 6.42 Å². The van der Waals surface area contributed by atoms with Gasteiger partial charge < -0.3 is 11.1 Å². The minimum atomic E-state index is 0.0262. The molecule has 2 aromatic rings. The third-order valence-corrected chi connectivity index (χ3v) is 4.51. The van der Waals surface area contributed by atoms with E-state index in [4.69, 9.17) is 5.73 Å². The van der Waals surface area contributed by atoms with Crippen LogP contribution >= 0.6 is 0 Å².